The number of nitrogens with one attached hydrogen (secondary N) is 2. The van der Waals surface area contributed by atoms with Crippen LogP contribution in [0, 0.1) is 13.8 Å². The summed E-state index contributed by atoms with van der Waals surface area (Å²) in [7, 11) is 0. The Kier molecular flexibility index (Phi) is 13.4. The highest BCUT2D eigenvalue weighted by molar-refractivity contribution is 5.95. The normalized spacial score (nSPS) is 15.2. The Hall–Kier alpha value is -2.77. The SMILES string of the molecule is Cc1cc(C)cc(C(=O)NC2CCN(CCCCCCCCCCC(N)CNC(=O)c3cccnc3)CC2)c1. The fourth-order valence-corrected chi connectivity index (χ4v) is 5.40. The van der Waals surface area contributed by atoms with Gasteiger partial charge >= 0.3 is 0 Å². The van der Waals surface area contributed by atoms with Crippen LogP contribution in [0.3, 0.4) is 0 Å². The summed E-state index contributed by atoms with van der Waals surface area (Å²) in [5.41, 5.74) is 9.79. The monoisotopic (exact) mass is 535 g/mol. The predicted octanol–water partition coefficient (Wildman–Crippen LogP) is 5.16. The number of nitrogens with two attached hydrogens (primary N) is 1. The number of pyridine rings is 1. The number of amides is 2. The van der Waals surface area contributed by atoms with Crippen LogP contribution in [0.5, 0.6) is 0 Å². The minimum absolute atomic E-state index is 0.00403. The number of aromatic nitrogens is 1. The molecule has 1 unspecified atom stereocenters. The molecule has 1 aromatic carbocycles. The lowest BCUT2D eigenvalue weighted by atomic mass is 10.0. The van der Waals surface area contributed by atoms with E-state index in [-0.39, 0.29) is 23.9 Å². The standard InChI is InChI=1S/C32H49N5O2/c1-25-20-26(2)22-28(21-25)32(39)36-30-14-18-37(19-15-30)17-10-8-6-4-3-5-7-9-13-29(33)24-35-31(38)27-12-11-16-34-23-27/h11-12,16,20-23,29-30H,3-10,13-15,17-19,24,33H2,1-2H3,(H,35,38)(H,36,39). The van der Waals surface area contributed by atoms with Crippen LogP contribution in [0.1, 0.15) is 102 Å². The highest BCUT2D eigenvalue weighted by atomic mass is 16.2. The van der Waals surface area contributed by atoms with E-state index in [9.17, 15) is 9.59 Å². The quantitative estimate of drug-likeness (QED) is 0.258. The van der Waals surface area contributed by atoms with Crippen LogP contribution in [0.25, 0.3) is 0 Å². The molecule has 1 aliphatic heterocycles. The second-order valence-electron chi connectivity index (χ2n) is 11.3. The molecule has 1 fully saturated rings. The van der Waals surface area contributed by atoms with Crippen molar-refractivity contribution in [3.8, 4) is 0 Å². The largest absolute Gasteiger partial charge is 0.350 e. The van der Waals surface area contributed by atoms with Crippen molar-refractivity contribution in [2.45, 2.75) is 96.6 Å². The molecule has 1 saturated heterocycles. The van der Waals surface area contributed by atoms with Gasteiger partial charge in [-0.05, 0) is 70.3 Å². The van der Waals surface area contributed by atoms with Crippen LogP contribution in [-0.2, 0) is 0 Å². The summed E-state index contributed by atoms with van der Waals surface area (Å²) in [4.78, 5) is 31.2. The van der Waals surface area contributed by atoms with E-state index in [1.54, 1.807) is 24.5 Å². The third-order valence-corrected chi connectivity index (χ3v) is 7.65. The van der Waals surface area contributed by atoms with Gasteiger partial charge in [-0.2, -0.15) is 0 Å². The molecule has 2 aromatic rings. The topological polar surface area (TPSA) is 100 Å². The first-order valence-corrected chi connectivity index (χ1v) is 15.0. The van der Waals surface area contributed by atoms with Crippen LogP contribution in [0.15, 0.2) is 42.7 Å². The fourth-order valence-electron chi connectivity index (χ4n) is 5.40. The van der Waals surface area contributed by atoms with Crippen LogP contribution < -0.4 is 16.4 Å². The number of likely N-dealkylation sites (tertiary alicyclic amines) is 1. The van der Waals surface area contributed by atoms with E-state index >= 15 is 0 Å². The average molecular weight is 536 g/mol. The molecule has 7 heteroatoms. The van der Waals surface area contributed by atoms with Gasteiger partial charge in [0.05, 0.1) is 5.56 Å². The number of unbranched alkanes of at least 4 members (excludes halogenated alkanes) is 7. The van der Waals surface area contributed by atoms with E-state index in [0.29, 0.717) is 12.1 Å². The Morgan fingerprint density at radius 2 is 1.56 bits per heavy atom. The number of hydrogen-bond acceptors (Lipinski definition) is 5. The summed E-state index contributed by atoms with van der Waals surface area (Å²) < 4.78 is 0. The van der Waals surface area contributed by atoms with Gasteiger partial charge in [0.2, 0.25) is 0 Å². The highest BCUT2D eigenvalue weighted by Gasteiger charge is 2.21. The van der Waals surface area contributed by atoms with Crippen molar-refractivity contribution in [1.82, 2.24) is 20.5 Å². The van der Waals surface area contributed by atoms with Gasteiger partial charge in [-0.25, -0.2) is 0 Å². The number of carbonyl (C=O) groups excluding carboxylic acids is 2. The van der Waals surface area contributed by atoms with Gasteiger partial charge in [-0.1, -0.05) is 62.1 Å². The molecular weight excluding hydrogens is 486 g/mol. The zero-order valence-electron chi connectivity index (χ0n) is 24.1. The highest BCUT2D eigenvalue weighted by Crippen LogP contribution is 2.15. The molecular formula is C32H49N5O2. The molecule has 214 valence electrons. The molecule has 2 amide bonds. The van der Waals surface area contributed by atoms with E-state index in [1.165, 1.54) is 51.5 Å². The van der Waals surface area contributed by atoms with E-state index in [4.69, 9.17) is 5.73 Å². The maximum Gasteiger partial charge on any atom is 0.252 e. The van der Waals surface area contributed by atoms with Crippen molar-refractivity contribution in [2.24, 2.45) is 5.73 Å². The maximum atomic E-state index is 12.6. The molecule has 0 spiro atoms. The molecule has 0 radical (unpaired) electrons. The van der Waals surface area contributed by atoms with Crippen molar-refractivity contribution < 1.29 is 9.59 Å². The Labute approximate surface area is 235 Å². The van der Waals surface area contributed by atoms with Crippen LogP contribution in [0.4, 0.5) is 0 Å². The predicted molar refractivity (Wildman–Crippen MR) is 159 cm³/mol. The molecule has 7 nitrogen and oxygen atoms in total. The van der Waals surface area contributed by atoms with Crippen molar-refractivity contribution in [1.29, 1.82) is 0 Å². The first kappa shape index (κ1) is 30.8. The van der Waals surface area contributed by atoms with Gasteiger partial charge in [0.1, 0.15) is 0 Å². The molecule has 1 aliphatic rings. The van der Waals surface area contributed by atoms with Gasteiger partial charge in [0.25, 0.3) is 11.8 Å². The number of piperidine rings is 1. The van der Waals surface area contributed by atoms with Crippen molar-refractivity contribution in [3.05, 3.63) is 65.0 Å². The van der Waals surface area contributed by atoms with E-state index < -0.39 is 0 Å². The van der Waals surface area contributed by atoms with Crippen molar-refractivity contribution >= 4 is 11.8 Å². The second kappa shape index (κ2) is 17.0. The smallest absolute Gasteiger partial charge is 0.252 e. The molecule has 39 heavy (non-hydrogen) atoms. The molecule has 2 heterocycles. The molecule has 4 N–H and O–H groups in total. The van der Waals surface area contributed by atoms with Gasteiger partial charge in [0, 0.05) is 49.7 Å². The summed E-state index contributed by atoms with van der Waals surface area (Å²) in [6.45, 7) is 7.91. The summed E-state index contributed by atoms with van der Waals surface area (Å²) in [6, 6.07) is 9.86. The first-order chi connectivity index (χ1) is 18.9. The average Bonchev–Trinajstić information content (AvgIpc) is 2.93. The van der Waals surface area contributed by atoms with Gasteiger partial charge in [-0.15, -0.1) is 0 Å². The lowest BCUT2D eigenvalue weighted by Crippen LogP contribution is -2.44. The molecule has 3 rings (SSSR count). The Balaban J connectivity index is 1.12. The molecule has 0 bridgehead atoms. The zero-order valence-corrected chi connectivity index (χ0v) is 24.1. The minimum atomic E-state index is -0.111. The lowest BCUT2D eigenvalue weighted by Gasteiger charge is -2.32. The Morgan fingerprint density at radius 1 is 0.923 bits per heavy atom. The summed E-state index contributed by atoms with van der Waals surface area (Å²) in [6.07, 6.45) is 16.3. The fraction of sp³-hybridized carbons (Fsp3) is 0.594. The third kappa shape index (κ3) is 11.9. The van der Waals surface area contributed by atoms with Gasteiger partial charge < -0.3 is 21.3 Å². The summed E-state index contributed by atoms with van der Waals surface area (Å²) in [5.74, 6) is -0.0474. The number of aryl methyl sites for hydroxylation is 2. The molecule has 0 saturated carbocycles. The minimum Gasteiger partial charge on any atom is -0.350 e. The molecule has 1 aromatic heterocycles. The lowest BCUT2D eigenvalue weighted by molar-refractivity contribution is 0.0909. The van der Waals surface area contributed by atoms with Crippen LogP contribution >= 0.6 is 0 Å². The van der Waals surface area contributed by atoms with E-state index in [2.05, 4.69) is 26.6 Å². The number of nitrogens with zero attached hydrogens (tertiary/aromatic N) is 2. The Bertz CT molecular complexity index is 985. The van der Waals surface area contributed by atoms with Gasteiger partial charge in [0.15, 0.2) is 0 Å². The third-order valence-electron chi connectivity index (χ3n) is 7.65. The number of benzene rings is 1. The molecule has 1 atom stereocenters. The van der Waals surface area contributed by atoms with Crippen molar-refractivity contribution in [2.75, 3.05) is 26.2 Å². The van der Waals surface area contributed by atoms with E-state index in [1.807, 2.05) is 26.0 Å². The maximum absolute atomic E-state index is 12.6. The molecule has 0 aliphatic carbocycles. The number of rotatable bonds is 16. The van der Waals surface area contributed by atoms with Gasteiger partial charge in [-0.3, -0.25) is 14.6 Å². The van der Waals surface area contributed by atoms with Crippen molar-refractivity contribution in [3.63, 3.8) is 0 Å². The van der Waals surface area contributed by atoms with Crippen LogP contribution in [0.2, 0.25) is 0 Å². The second-order valence-corrected chi connectivity index (χ2v) is 11.3. The zero-order chi connectivity index (χ0) is 27.9. The van der Waals surface area contributed by atoms with E-state index in [0.717, 1.165) is 55.5 Å². The van der Waals surface area contributed by atoms with Crippen LogP contribution in [-0.4, -0.2) is 60.0 Å². The Morgan fingerprint density at radius 3 is 2.21 bits per heavy atom. The number of carbonyl (C=O) groups is 2. The summed E-state index contributed by atoms with van der Waals surface area (Å²) >= 11 is 0. The summed E-state index contributed by atoms with van der Waals surface area (Å²) in [5, 5.41) is 6.14. The first-order valence-electron chi connectivity index (χ1n) is 15.0. The number of hydrogen-bond donors (Lipinski definition) is 3.